The number of aromatic carboxylic acids is 1. The number of carboxylic acid groups (broad SMARTS) is 1. The SMILES string of the molecule is N#Cc1cccc(CNc2cc(F)c(C(=O)O)cc2N)c1. The lowest BCUT2D eigenvalue weighted by atomic mass is 10.1. The van der Waals surface area contributed by atoms with Crippen LogP contribution in [0.1, 0.15) is 21.5 Å². The number of nitrogens with one attached hydrogen (secondary N) is 1. The Hall–Kier alpha value is -3.07. The summed E-state index contributed by atoms with van der Waals surface area (Å²) in [4.78, 5) is 10.8. The first-order valence-electron chi connectivity index (χ1n) is 6.06. The molecule has 4 N–H and O–H groups in total. The molecule has 0 bridgehead atoms. The molecular formula is C15H12FN3O2. The first-order valence-corrected chi connectivity index (χ1v) is 6.06. The highest BCUT2D eigenvalue weighted by Crippen LogP contribution is 2.23. The molecule has 0 radical (unpaired) electrons. The highest BCUT2D eigenvalue weighted by atomic mass is 19.1. The fraction of sp³-hybridized carbons (Fsp3) is 0.0667. The lowest BCUT2D eigenvalue weighted by Crippen LogP contribution is -2.07. The van der Waals surface area contributed by atoms with E-state index in [1.165, 1.54) is 0 Å². The Balaban J connectivity index is 2.19. The van der Waals surface area contributed by atoms with E-state index in [9.17, 15) is 9.18 Å². The van der Waals surface area contributed by atoms with Gasteiger partial charge >= 0.3 is 5.97 Å². The second-order valence-corrected chi connectivity index (χ2v) is 4.39. The highest BCUT2D eigenvalue weighted by Gasteiger charge is 2.13. The van der Waals surface area contributed by atoms with Crippen LogP contribution in [0.15, 0.2) is 36.4 Å². The Kier molecular flexibility index (Phi) is 4.05. The molecule has 0 aliphatic heterocycles. The van der Waals surface area contributed by atoms with Crippen molar-refractivity contribution in [2.24, 2.45) is 0 Å². The van der Waals surface area contributed by atoms with Crippen molar-refractivity contribution in [2.75, 3.05) is 11.1 Å². The average molecular weight is 285 g/mol. The minimum absolute atomic E-state index is 0.144. The molecule has 0 unspecified atom stereocenters. The highest BCUT2D eigenvalue weighted by molar-refractivity contribution is 5.90. The molecular weight excluding hydrogens is 273 g/mol. The number of benzene rings is 2. The van der Waals surface area contributed by atoms with Crippen LogP contribution in [0.2, 0.25) is 0 Å². The van der Waals surface area contributed by atoms with E-state index in [1.807, 2.05) is 12.1 Å². The molecule has 0 saturated heterocycles. The van der Waals surface area contributed by atoms with Crippen molar-refractivity contribution in [3.05, 3.63) is 58.9 Å². The van der Waals surface area contributed by atoms with E-state index in [0.29, 0.717) is 17.8 Å². The Morgan fingerprint density at radius 3 is 2.81 bits per heavy atom. The number of nitrogens with zero attached hydrogens (tertiary/aromatic N) is 1. The van der Waals surface area contributed by atoms with Gasteiger partial charge in [0.2, 0.25) is 0 Å². The third-order valence-corrected chi connectivity index (χ3v) is 2.91. The van der Waals surface area contributed by atoms with Crippen LogP contribution < -0.4 is 11.1 Å². The van der Waals surface area contributed by atoms with Gasteiger partial charge in [0.25, 0.3) is 0 Å². The van der Waals surface area contributed by atoms with Crippen LogP contribution in [0, 0.1) is 17.1 Å². The standard InChI is InChI=1S/C15H12FN3O2/c16-12-6-14(13(18)5-11(12)15(20)21)19-8-10-3-1-2-9(4-10)7-17/h1-6,19H,8,18H2,(H,20,21). The van der Waals surface area contributed by atoms with Gasteiger partial charge in [-0.3, -0.25) is 0 Å². The maximum absolute atomic E-state index is 13.6. The summed E-state index contributed by atoms with van der Waals surface area (Å²) in [6, 6.07) is 11.1. The molecule has 21 heavy (non-hydrogen) atoms. The number of anilines is 2. The summed E-state index contributed by atoms with van der Waals surface area (Å²) in [5.41, 5.74) is 7.04. The summed E-state index contributed by atoms with van der Waals surface area (Å²) in [5.74, 6) is -2.22. The number of carbonyl (C=O) groups is 1. The van der Waals surface area contributed by atoms with Crippen LogP contribution in [-0.2, 0) is 6.54 Å². The Labute approximate surface area is 120 Å². The van der Waals surface area contributed by atoms with Crippen LogP contribution in [0.3, 0.4) is 0 Å². The Morgan fingerprint density at radius 1 is 1.38 bits per heavy atom. The summed E-state index contributed by atoms with van der Waals surface area (Å²) in [5, 5.41) is 20.5. The van der Waals surface area contributed by atoms with Gasteiger partial charge in [0.15, 0.2) is 0 Å². The fourth-order valence-electron chi connectivity index (χ4n) is 1.86. The normalized spacial score (nSPS) is 9.90. The first-order chi connectivity index (χ1) is 10.0. The minimum Gasteiger partial charge on any atom is -0.478 e. The predicted molar refractivity (Wildman–Crippen MR) is 76.3 cm³/mol. The van der Waals surface area contributed by atoms with Crippen LogP contribution >= 0.6 is 0 Å². The number of rotatable bonds is 4. The molecule has 0 atom stereocenters. The van der Waals surface area contributed by atoms with Gasteiger partial charge in [-0.25, -0.2) is 9.18 Å². The Bertz CT molecular complexity index is 738. The van der Waals surface area contributed by atoms with E-state index in [2.05, 4.69) is 5.32 Å². The molecule has 2 aromatic carbocycles. The van der Waals surface area contributed by atoms with Gasteiger partial charge in [0, 0.05) is 6.54 Å². The fourth-order valence-corrected chi connectivity index (χ4v) is 1.86. The van der Waals surface area contributed by atoms with Gasteiger partial charge < -0.3 is 16.2 Å². The van der Waals surface area contributed by atoms with Gasteiger partial charge in [0.05, 0.1) is 28.6 Å². The van der Waals surface area contributed by atoms with Crippen LogP contribution in [0.25, 0.3) is 0 Å². The number of nitriles is 1. The third-order valence-electron chi connectivity index (χ3n) is 2.91. The number of nitrogens with two attached hydrogens (primary N) is 1. The summed E-state index contributed by atoms with van der Waals surface area (Å²) in [6.45, 7) is 0.339. The van der Waals surface area contributed by atoms with Crippen LogP contribution in [-0.4, -0.2) is 11.1 Å². The van der Waals surface area contributed by atoms with E-state index in [0.717, 1.165) is 17.7 Å². The number of halogens is 1. The molecule has 0 aliphatic carbocycles. The maximum Gasteiger partial charge on any atom is 0.338 e. The van der Waals surface area contributed by atoms with Crippen molar-refractivity contribution in [3.63, 3.8) is 0 Å². The summed E-state index contributed by atoms with van der Waals surface area (Å²) in [6.07, 6.45) is 0. The second kappa shape index (κ2) is 5.92. The number of carboxylic acids is 1. The second-order valence-electron chi connectivity index (χ2n) is 4.39. The lowest BCUT2D eigenvalue weighted by molar-refractivity contribution is 0.0692. The summed E-state index contributed by atoms with van der Waals surface area (Å²) < 4.78 is 13.6. The zero-order valence-corrected chi connectivity index (χ0v) is 10.9. The molecule has 0 aliphatic rings. The largest absolute Gasteiger partial charge is 0.478 e. The van der Waals surface area contributed by atoms with Crippen LogP contribution in [0.5, 0.6) is 0 Å². The molecule has 2 aromatic rings. The van der Waals surface area contributed by atoms with E-state index < -0.39 is 17.3 Å². The van der Waals surface area contributed by atoms with Crippen LogP contribution in [0.4, 0.5) is 15.8 Å². The number of hydrogen-bond donors (Lipinski definition) is 3. The zero-order valence-electron chi connectivity index (χ0n) is 10.9. The van der Waals surface area contributed by atoms with Crippen molar-refractivity contribution < 1.29 is 14.3 Å². The van der Waals surface area contributed by atoms with E-state index >= 15 is 0 Å². The van der Waals surface area contributed by atoms with Gasteiger partial charge in [-0.1, -0.05) is 12.1 Å². The van der Waals surface area contributed by atoms with E-state index in [-0.39, 0.29) is 5.69 Å². The molecule has 106 valence electrons. The molecule has 0 aromatic heterocycles. The smallest absolute Gasteiger partial charge is 0.338 e. The summed E-state index contributed by atoms with van der Waals surface area (Å²) >= 11 is 0. The van der Waals surface area contributed by atoms with Crippen molar-refractivity contribution in [1.29, 1.82) is 5.26 Å². The molecule has 0 heterocycles. The first kappa shape index (κ1) is 14.3. The van der Waals surface area contributed by atoms with E-state index in [4.69, 9.17) is 16.1 Å². The Morgan fingerprint density at radius 2 is 2.14 bits per heavy atom. The van der Waals surface area contributed by atoms with Crippen molar-refractivity contribution in [3.8, 4) is 6.07 Å². The maximum atomic E-state index is 13.6. The van der Waals surface area contributed by atoms with Gasteiger partial charge in [-0.05, 0) is 29.8 Å². The van der Waals surface area contributed by atoms with Crippen molar-refractivity contribution >= 4 is 17.3 Å². The molecule has 0 saturated carbocycles. The monoisotopic (exact) mass is 285 g/mol. The molecule has 0 amide bonds. The summed E-state index contributed by atoms with van der Waals surface area (Å²) in [7, 11) is 0. The molecule has 0 fully saturated rings. The third kappa shape index (κ3) is 3.28. The molecule has 6 heteroatoms. The van der Waals surface area contributed by atoms with Gasteiger partial charge in [-0.15, -0.1) is 0 Å². The molecule has 0 spiro atoms. The predicted octanol–water partition coefficient (Wildman–Crippen LogP) is 2.59. The van der Waals surface area contributed by atoms with Crippen molar-refractivity contribution in [1.82, 2.24) is 0 Å². The number of nitrogen functional groups attached to an aromatic ring is 1. The topological polar surface area (TPSA) is 99.1 Å². The quantitative estimate of drug-likeness (QED) is 0.750. The number of hydrogen-bond acceptors (Lipinski definition) is 4. The van der Waals surface area contributed by atoms with Gasteiger partial charge in [0.1, 0.15) is 5.82 Å². The molecule has 2 rings (SSSR count). The van der Waals surface area contributed by atoms with Crippen molar-refractivity contribution in [2.45, 2.75) is 6.54 Å². The van der Waals surface area contributed by atoms with E-state index in [1.54, 1.807) is 18.2 Å². The van der Waals surface area contributed by atoms with Gasteiger partial charge in [-0.2, -0.15) is 5.26 Å². The zero-order chi connectivity index (χ0) is 15.4. The molecule has 5 nitrogen and oxygen atoms in total. The lowest BCUT2D eigenvalue weighted by Gasteiger charge is -2.11. The average Bonchev–Trinajstić information content (AvgIpc) is 2.47. The minimum atomic E-state index is -1.37.